The molecule has 2 heterocycles. The van der Waals surface area contributed by atoms with E-state index in [1.54, 1.807) is 18.3 Å². The van der Waals surface area contributed by atoms with Gasteiger partial charge in [0, 0.05) is 29.1 Å². The average Bonchev–Trinajstić information content (AvgIpc) is 3.19. The molecule has 0 radical (unpaired) electrons. The van der Waals surface area contributed by atoms with Crippen LogP contribution < -0.4 is 5.32 Å². The highest BCUT2D eigenvalue weighted by molar-refractivity contribution is 7.13. The van der Waals surface area contributed by atoms with Crippen molar-refractivity contribution < 1.29 is 13.2 Å². The lowest BCUT2D eigenvalue weighted by Gasteiger charge is -2.11. The van der Waals surface area contributed by atoms with Gasteiger partial charge in [-0.2, -0.15) is 13.2 Å². The van der Waals surface area contributed by atoms with E-state index in [0.29, 0.717) is 17.8 Å². The van der Waals surface area contributed by atoms with Crippen LogP contribution in [0.2, 0.25) is 0 Å². The molecule has 1 N–H and O–H groups in total. The molecule has 3 nitrogen and oxygen atoms in total. The number of halogens is 3. The van der Waals surface area contributed by atoms with Crippen LogP contribution in [-0.2, 0) is 12.7 Å². The van der Waals surface area contributed by atoms with E-state index in [2.05, 4.69) is 15.3 Å². The van der Waals surface area contributed by atoms with Crippen molar-refractivity contribution in [3.63, 3.8) is 0 Å². The molecule has 0 aliphatic rings. The molecule has 4 rings (SSSR count). The van der Waals surface area contributed by atoms with Crippen LogP contribution in [0, 0.1) is 0 Å². The summed E-state index contributed by atoms with van der Waals surface area (Å²) in [5, 5.41) is 6.87. The van der Waals surface area contributed by atoms with Crippen LogP contribution in [0.4, 0.5) is 18.3 Å². The largest absolute Gasteiger partial charge is 0.416 e. The van der Waals surface area contributed by atoms with Gasteiger partial charge >= 0.3 is 6.18 Å². The molecule has 7 heteroatoms. The summed E-state index contributed by atoms with van der Waals surface area (Å²) in [7, 11) is 0. The van der Waals surface area contributed by atoms with Crippen LogP contribution in [0.1, 0.15) is 11.1 Å². The minimum absolute atomic E-state index is 0.439. The third-order valence-corrected chi connectivity index (χ3v) is 4.88. The van der Waals surface area contributed by atoms with Crippen LogP contribution in [0.15, 0.2) is 66.2 Å². The van der Waals surface area contributed by atoms with Gasteiger partial charge in [0.1, 0.15) is 0 Å². The number of hydrogen-bond donors (Lipinski definition) is 1. The standard InChI is InChI=1S/C20H14F3N3S/c21-20(22,23)16-6-2-4-14(11-16)17-8-7-13-3-1-5-15(18(13)26-17)12-25-19-24-9-10-27-19/h1-11H,12H2,(H,24,25). The minimum Gasteiger partial charge on any atom is -0.357 e. The Labute approximate surface area is 157 Å². The van der Waals surface area contributed by atoms with E-state index >= 15 is 0 Å². The highest BCUT2D eigenvalue weighted by Gasteiger charge is 2.30. The van der Waals surface area contributed by atoms with Crippen molar-refractivity contribution in [3.05, 3.63) is 77.3 Å². The number of hydrogen-bond acceptors (Lipinski definition) is 4. The monoisotopic (exact) mass is 385 g/mol. The van der Waals surface area contributed by atoms with Crippen LogP contribution >= 0.6 is 11.3 Å². The van der Waals surface area contributed by atoms with Gasteiger partial charge in [-0.05, 0) is 23.8 Å². The van der Waals surface area contributed by atoms with Crippen LogP contribution in [0.5, 0.6) is 0 Å². The third-order valence-electron chi connectivity index (χ3n) is 4.15. The van der Waals surface area contributed by atoms with Gasteiger partial charge < -0.3 is 5.32 Å². The molecule has 0 saturated heterocycles. The van der Waals surface area contributed by atoms with Crippen LogP contribution in [0.25, 0.3) is 22.2 Å². The highest BCUT2D eigenvalue weighted by atomic mass is 32.1. The number of anilines is 1. The molecule has 27 heavy (non-hydrogen) atoms. The molecule has 0 amide bonds. The summed E-state index contributed by atoms with van der Waals surface area (Å²) >= 11 is 1.50. The van der Waals surface area contributed by atoms with E-state index in [9.17, 15) is 13.2 Å². The zero-order chi connectivity index (χ0) is 18.9. The first-order valence-electron chi connectivity index (χ1n) is 8.20. The minimum atomic E-state index is -4.38. The van der Waals surface area contributed by atoms with E-state index in [0.717, 1.165) is 33.7 Å². The second-order valence-electron chi connectivity index (χ2n) is 5.95. The zero-order valence-electron chi connectivity index (χ0n) is 14.0. The third kappa shape index (κ3) is 3.78. The van der Waals surface area contributed by atoms with Crippen molar-refractivity contribution in [3.8, 4) is 11.3 Å². The van der Waals surface area contributed by atoms with Crippen molar-refractivity contribution in [2.24, 2.45) is 0 Å². The Morgan fingerprint density at radius 3 is 2.63 bits per heavy atom. The molecule has 0 aliphatic heterocycles. The van der Waals surface area contributed by atoms with Gasteiger partial charge in [-0.15, -0.1) is 11.3 Å². The normalized spacial score (nSPS) is 11.7. The first kappa shape index (κ1) is 17.5. The number of nitrogens with zero attached hydrogens (tertiary/aromatic N) is 2. The van der Waals surface area contributed by atoms with Gasteiger partial charge in [0.2, 0.25) is 0 Å². The van der Waals surface area contributed by atoms with Crippen molar-refractivity contribution in [2.75, 3.05) is 5.32 Å². The predicted molar refractivity (Wildman–Crippen MR) is 102 cm³/mol. The topological polar surface area (TPSA) is 37.8 Å². The molecule has 0 aliphatic carbocycles. The molecular formula is C20H14F3N3S. The van der Waals surface area contributed by atoms with Crippen molar-refractivity contribution in [1.29, 1.82) is 0 Å². The van der Waals surface area contributed by atoms with E-state index in [1.165, 1.54) is 17.4 Å². The molecule has 0 unspecified atom stereocenters. The predicted octanol–water partition coefficient (Wildman–Crippen LogP) is 5.99. The van der Waals surface area contributed by atoms with Crippen LogP contribution in [0.3, 0.4) is 0 Å². The smallest absolute Gasteiger partial charge is 0.357 e. The number of rotatable bonds is 4. The molecule has 0 spiro atoms. The van der Waals surface area contributed by atoms with E-state index in [1.807, 2.05) is 29.6 Å². The van der Waals surface area contributed by atoms with Crippen molar-refractivity contribution >= 4 is 27.4 Å². The van der Waals surface area contributed by atoms with Gasteiger partial charge in [-0.25, -0.2) is 9.97 Å². The van der Waals surface area contributed by atoms with Gasteiger partial charge in [-0.1, -0.05) is 36.4 Å². The molecular weight excluding hydrogens is 371 g/mol. The van der Waals surface area contributed by atoms with Crippen molar-refractivity contribution in [2.45, 2.75) is 12.7 Å². The molecule has 2 aromatic heterocycles. The summed E-state index contributed by atoms with van der Waals surface area (Å²) in [6.45, 7) is 0.532. The summed E-state index contributed by atoms with van der Waals surface area (Å²) in [5.74, 6) is 0. The van der Waals surface area contributed by atoms with E-state index in [4.69, 9.17) is 0 Å². The second-order valence-corrected chi connectivity index (χ2v) is 6.85. The maximum absolute atomic E-state index is 13.0. The Kier molecular flexibility index (Phi) is 4.53. The summed E-state index contributed by atoms with van der Waals surface area (Å²) in [4.78, 5) is 8.83. The lowest BCUT2D eigenvalue weighted by Crippen LogP contribution is -2.04. The van der Waals surface area contributed by atoms with E-state index in [-0.39, 0.29) is 0 Å². The Balaban J connectivity index is 1.72. The summed E-state index contributed by atoms with van der Waals surface area (Å²) in [5.41, 5.74) is 1.98. The number of fused-ring (bicyclic) bond motifs is 1. The molecule has 2 aromatic carbocycles. The fourth-order valence-corrected chi connectivity index (χ4v) is 3.38. The summed E-state index contributed by atoms with van der Waals surface area (Å²) < 4.78 is 39.0. The average molecular weight is 385 g/mol. The second kappa shape index (κ2) is 7.00. The molecule has 4 aromatic rings. The Morgan fingerprint density at radius 1 is 1.00 bits per heavy atom. The van der Waals surface area contributed by atoms with Gasteiger partial charge in [-0.3, -0.25) is 0 Å². The van der Waals surface area contributed by atoms with Crippen LogP contribution in [-0.4, -0.2) is 9.97 Å². The van der Waals surface area contributed by atoms with Gasteiger partial charge in [0.15, 0.2) is 5.13 Å². The molecule has 0 atom stereocenters. The number of para-hydroxylation sites is 1. The molecule has 0 bridgehead atoms. The Hall–Kier alpha value is -2.93. The first-order chi connectivity index (χ1) is 13.0. The number of aromatic nitrogens is 2. The fourth-order valence-electron chi connectivity index (χ4n) is 2.85. The Bertz CT molecular complexity index is 1080. The lowest BCUT2D eigenvalue weighted by molar-refractivity contribution is -0.137. The number of thiazole rings is 1. The van der Waals surface area contributed by atoms with Crippen molar-refractivity contribution in [1.82, 2.24) is 9.97 Å². The van der Waals surface area contributed by atoms with Gasteiger partial charge in [0.05, 0.1) is 16.8 Å². The van der Waals surface area contributed by atoms with E-state index < -0.39 is 11.7 Å². The van der Waals surface area contributed by atoms with Gasteiger partial charge in [0.25, 0.3) is 0 Å². The molecule has 0 fully saturated rings. The first-order valence-corrected chi connectivity index (χ1v) is 9.08. The number of alkyl halides is 3. The maximum Gasteiger partial charge on any atom is 0.416 e. The highest BCUT2D eigenvalue weighted by Crippen LogP contribution is 2.32. The summed E-state index contributed by atoms with van der Waals surface area (Å²) in [6, 6.07) is 14.7. The zero-order valence-corrected chi connectivity index (χ0v) is 14.8. The number of benzene rings is 2. The fraction of sp³-hybridized carbons (Fsp3) is 0.100. The molecule has 136 valence electrons. The number of nitrogens with one attached hydrogen (secondary N) is 1. The SMILES string of the molecule is FC(F)(F)c1cccc(-c2ccc3cccc(CNc4nccs4)c3n2)c1. The summed E-state index contributed by atoms with van der Waals surface area (Å²) in [6.07, 6.45) is -2.66. The lowest BCUT2D eigenvalue weighted by atomic mass is 10.0. The number of pyridine rings is 1. The maximum atomic E-state index is 13.0. The Morgan fingerprint density at radius 2 is 1.85 bits per heavy atom. The quantitative estimate of drug-likeness (QED) is 0.469. The molecule has 0 saturated carbocycles.